The molecule has 1 fully saturated rings. The number of rotatable bonds is 6. The van der Waals surface area contributed by atoms with Crippen molar-refractivity contribution < 1.29 is 19.2 Å². The van der Waals surface area contributed by atoms with E-state index in [1.165, 1.54) is 6.20 Å². The van der Waals surface area contributed by atoms with Gasteiger partial charge < -0.3 is 19.2 Å². The Hall–Kier alpha value is -1.72. The molecule has 10 radical (unpaired) electrons. The molecule has 0 saturated carbocycles. The van der Waals surface area contributed by atoms with Crippen LogP contribution in [0.2, 0.25) is 5.11 Å². The molecule has 11 heteroatoms. The van der Waals surface area contributed by atoms with Gasteiger partial charge in [-0.3, -0.25) is 4.98 Å². The second-order valence-corrected chi connectivity index (χ2v) is 7.18. The summed E-state index contributed by atoms with van der Waals surface area (Å²) in [5.74, 6) is 1.21. The van der Waals surface area contributed by atoms with Gasteiger partial charge in [0.1, 0.15) is 0 Å². The number of hydrogen-bond donors (Lipinski definition) is 1. The molecule has 0 amide bonds. The highest BCUT2D eigenvalue weighted by atomic mass is 16.5. The van der Waals surface area contributed by atoms with Crippen LogP contribution in [-0.4, -0.2) is 75.5 Å². The molecule has 0 spiro atoms. The molecule has 136 valence electrons. The molecule has 1 atom stereocenters. The van der Waals surface area contributed by atoms with Gasteiger partial charge in [-0.2, -0.15) is 0 Å². The quantitative estimate of drug-likeness (QED) is 0.740. The lowest BCUT2D eigenvalue weighted by Crippen LogP contribution is -2.56. The van der Waals surface area contributed by atoms with Crippen molar-refractivity contribution in [3.05, 3.63) is 42.2 Å². The van der Waals surface area contributed by atoms with Crippen molar-refractivity contribution >= 4 is 46.3 Å². The number of benzene rings is 1. The van der Waals surface area contributed by atoms with Gasteiger partial charge in [0.05, 0.1) is 52.9 Å². The van der Waals surface area contributed by atoms with Gasteiger partial charge in [-0.25, -0.2) is 0 Å². The fourth-order valence-electron chi connectivity index (χ4n) is 3.38. The second kappa shape index (κ2) is 7.84. The third-order valence-electron chi connectivity index (χ3n) is 5.17. The van der Waals surface area contributed by atoms with Gasteiger partial charge in [-0.15, -0.1) is 0 Å². The summed E-state index contributed by atoms with van der Waals surface area (Å²) in [4.78, 5) is 4.23. The van der Waals surface area contributed by atoms with Gasteiger partial charge in [0, 0.05) is 18.0 Å². The molecule has 1 N–H and O–H groups in total. The largest absolute Gasteiger partial charge is 0.493 e. The lowest BCUT2D eigenvalue weighted by molar-refractivity contribution is 0.208. The van der Waals surface area contributed by atoms with Gasteiger partial charge in [0.2, 0.25) is 0 Å². The molecule has 1 aliphatic heterocycles. The lowest BCUT2D eigenvalue weighted by Gasteiger charge is -2.48. The van der Waals surface area contributed by atoms with Gasteiger partial charge in [-0.05, 0) is 46.5 Å². The maximum Gasteiger partial charge on any atom is 0.442 e. The molecule has 1 aromatic carbocycles. The first-order chi connectivity index (χ1) is 13.6. The first kappa shape index (κ1) is 22.0. The normalized spacial score (nSPS) is 22.4. The molecule has 2 heterocycles. The minimum absolute atomic E-state index is 0.313. The molecule has 1 unspecified atom stereocenters. The number of aromatic nitrogens is 1. The Morgan fingerprint density at radius 3 is 2.38 bits per heavy atom. The van der Waals surface area contributed by atoms with E-state index in [0.717, 1.165) is 12.0 Å². The maximum absolute atomic E-state index is 10.1. The molecule has 1 aliphatic rings. The average Bonchev–Trinajstić information content (AvgIpc) is 2.82. The number of methoxy groups -OCH3 is 1. The Morgan fingerprint density at radius 1 is 1.07 bits per heavy atom. The molecule has 0 aliphatic carbocycles. The predicted octanol–water partition coefficient (Wildman–Crippen LogP) is 0.404. The Bertz CT molecular complexity index is 896. The van der Waals surface area contributed by atoms with E-state index in [-0.39, 0.29) is 0 Å². The molecular formula is C18H17B6NO4. The number of ether oxygens (including phenoxy) is 2. The summed E-state index contributed by atoms with van der Waals surface area (Å²) >= 11 is 0. The first-order valence-electron chi connectivity index (χ1n) is 9.15. The number of nitrogens with zero attached hydrogens (tertiary/aromatic N) is 1. The third kappa shape index (κ3) is 3.53. The summed E-state index contributed by atoms with van der Waals surface area (Å²) in [6, 6.07) is 7.16. The first-order valence-corrected chi connectivity index (χ1v) is 9.15. The topological polar surface area (TPSA) is 60.8 Å². The maximum atomic E-state index is 10.1. The Balaban J connectivity index is 2.07. The minimum Gasteiger partial charge on any atom is -0.493 e. The number of hydrogen-bond acceptors (Lipinski definition) is 5. The lowest BCUT2D eigenvalue weighted by atomic mass is 9.20. The van der Waals surface area contributed by atoms with Crippen molar-refractivity contribution in [3.63, 3.8) is 0 Å². The van der Waals surface area contributed by atoms with Crippen molar-refractivity contribution in [1.29, 1.82) is 0 Å². The van der Waals surface area contributed by atoms with Crippen LogP contribution in [0, 0.1) is 0 Å². The van der Waals surface area contributed by atoms with Crippen LogP contribution in [0.3, 0.4) is 0 Å². The van der Waals surface area contributed by atoms with Crippen LogP contribution in [0.25, 0.3) is 11.1 Å². The summed E-state index contributed by atoms with van der Waals surface area (Å²) in [6.07, 6.45) is 3.92. The van der Waals surface area contributed by atoms with Crippen LogP contribution < -0.4 is 9.47 Å². The SMILES string of the molecule is [B]C1([B])OB(O)C([B])([B])C1([B])c1cncc(-c2ccc(OC)c(OCCC)c2)c1. The van der Waals surface area contributed by atoms with Crippen molar-refractivity contribution in [1.82, 2.24) is 4.98 Å². The molecule has 2 aromatic rings. The minimum atomic E-state index is -2.02. The zero-order chi connectivity index (χ0) is 21.4. The van der Waals surface area contributed by atoms with Crippen LogP contribution in [0.1, 0.15) is 18.9 Å². The van der Waals surface area contributed by atoms with Crippen LogP contribution in [0.5, 0.6) is 11.5 Å². The molecule has 5 nitrogen and oxygen atoms in total. The van der Waals surface area contributed by atoms with E-state index in [2.05, 4.69) is 4.98 Å². The van der Waals surface area contributed by atoms with Crippen LogP contribution in [0.15, 0.2) is 36.7 Å². The smallest absolute Gasteiger partial charge is 0.442 e. The Kier molecular flexibility index (Phi) is 5.94. The monoisotopic (exact) mass is 377 g/mol. The molecular weight excluding hydrogens is 359 g/mol. The Morgan fingerprint density at radius 2 is 1.79 bits per heavy atom. The summed E-state index contributed by atoms with van der Waals surface area (Å²) < 4.78 is 16.3. The van der Waals surface area contributed by atoms with Gasteiger partial charge in [0.15, 0.2) is 11.5 Å². The zero-order valence-corrected chi connectivity index (χ0v) is 16.5. The van der Waals surface area contributed by atoms with Crippen LogP contribution in [0.4, 0.5) is 0 Å². The summed E-state index contributed by atoms with van der Waals surface area (Å²) in [6.45, 7) is 2.56. The predicted molar refractivity (Wildman–Crippen MR) is 117 cm³/mol. The summed E-state index contributed by atoms with van der Waals surface area (Å²) in [5.41, 5.74) is 1.78. The number of pyridine rings is 1. The second-order valence-electron chi connectivity index (χ2n) is 7.18. The van der Waals surface area contributed by atoms with E-state index in [1.807, 2.05) is 19.1 Å². The van der Waals surface area contributed by atoms with E-state index in [4.69, 9.17) is 53.4 Å². The zero-order valence-electron chi connectivity index (χ0n) is 16.5. The highest BCUT2D eigenvalue weighted by Gasteiger charge is 2.63. The van der Waals surface area contributed by atoms with Crippen molar-refractivity contribution in [2.45, 2.75) is 29.2 Å². The third-order valence-corrected chi connectivity index (χ3v) is 5.17. The Labute approximate surface area is 178 Å². The van der Waals surface area contributed by atoms with E-state index in [1.54, 1.807) is 25.4 Å². The summed E-state index contributed by atoms with van der Waals surface area (Å²) in [7, 11) is 30.5. The van der Waals surface area contributed by atoms with Crippen molar-refractivity contribution in [3.8, 4) is 22.6 Å². The molecule has 1 aromatic heterocycles. The molecule has 3 rings (SSSR count). The average molecular weight is 376 g/mol. The highest BCUT2D eigenvalue weighted by Crippen LogP contribution is 2.54. The van der Waals surface area contributed by atoms with E-state index in [9.17, 15) is 5.02 Å². The van der Waals surface area contributed by atoms with Crippen LogP contribution in [-0.2, 0) is 9.97 Å². The van der Waals surface area contributed by atoms with Gasteiger partial charge in [-0.1, -0.05) is 18.1 Å². The standard InChI is InChI=1S/C18H17B6NO4/c1-3-6-28-15-8-11(4-5-14(15)27-2)12-7-13(10-25-9-12)16(19)17(20,21)24(26)29-18(16,22)23/h4-5,7-10,26H,3,6H2,1-2H3. The van der Waals surface area contributed by atoms with Crippen molar-refractivity contribution in [2.24, 2.45) is 0 Å². The fraction of sp³-hybridized carbons (Fsp3) is 0.389. The van der Waals surface area contributed by atoms with Gasteiger partial charge >= 0.3 is 7.12 Å². The summed E-state index contributed by atoms with van der Waals surface area (Å²) in [5, 5.41) is 4.29. The molecule has 0 bridgehead atoms. The molecule has 1 saturated heterocycles. The van der Waals surface area contributed by atoms with E-state index >= 15 is 0 Å². The van der Waals surface area contributed by atoms with Crippen molar-refractivity contribution in [2.75, 3.05) is 13.7 Å². The fourth-order valence-corrected chi connectivity index (χ4v) is 3.38. The van der Waals surface area contributed by atoms with Gasteiger partial charge in [0.25, 0.3) is 0 Å². The van der Waals surface area contributed by atoms with E-state index < -0.39 is 22.9 Å². The van der Waals surface area contributed by atoms with E-state index in [0.29, 0.717) is 29.2 Å². The highest BCUT2D eigenvalue weighted by molar-refractivity contribution is 6.77. The van der Waals surface area contributed by atoms with Crippen LogP contribution >= 0.6 is 0 Å². The molecule has 29 heavy (non-hydrogen) atoms.